The van der Waals surface area contributed by atoms with Crippen LogP contribution in [0.1, 0.15) is 46.1 Å². The molecule has 3 nitrogen and oxygen atoms in total. The summed E-state index contributed by atoms with van der Waals surface area (Å²) in [5.41, 5.74) is -2.74. The molecular weight excluding hydrogens is 386 g/mol. The van der Waals surface area contributed by atoms with Crippen molar-refractivity contribution in [1.82, 2.24) is 0 Å². The van der Waals surface area contributed by atoms with Gasteiger partial charge in [0.2, 0.25) is 5.67 Å². The highest BCUT2D eigenvalue weighted by Crippen LogP contribution is 2.66. The molecule has 160 valence electrons. The predicted octanol–water partition coefficient (Wildman–Crippen LogP) is 5.41. The highest BCUT2D eigenvalue weighted by molar-refractivity contribution is 5.81. The normalized spacial score (nSPS) is 31.4. The van der Waals surface area contributed by atoms with E-state index in [2.05, 4.69) is 13.8 Å². The smallest absolute Gasteiger partial charge is 0.348 e. The van der Waals surface area contributed by atoms with Crippen molar-refractivity contribution in [2.75, 3.05) is 0 Å². The highest BCUT2D eigenvalue weighted by atomic mass is 19.1. The van der Waals surface area contributed by atoms with Gasteiger partial charge in [0.05, 0.1) is 5.60 Å². The Morgan fingerprint density at radius 3 is 2.43 bits per heavy atom. The van der Waals surface area contributed by atoms with Crippen molar-refractivity contribution >= 4 is 5.97 Å². The minimum absolute atomic E-state index is 0.0978. The van der Waals surface area contributed by atoms with Crippen molar-refractivity contribution in [3.8, 4) is 11.1 Å². The van der Waals surface area contributed by atoms with Crippen molar-refractivity contribution in [2.45, 2.75) is 57.9 Å². The fraction of sp³-hybridized carbons (Fsp3) is 0.480. The first-order valence-corrected chi connectivity index (χ1v) is 10.4. The molecule has 2 fully saturated rings. The summed E-state index contributed by atoms with van der Waals surface area (Å²) in [7, 11) is 0. The fourth-order valence-corrected chi connectivity index (χ4v) is 4.98. The molecule has 2 aromatic rings. The van der Waals surface area contributed by atoms with Crippen LogP contribution in [0, 0.1) is 23.1 Å². The summed E-state index contributed by atoms with van der Waals surface area (Å²) in [6.07, 6.45) is 0.247. The third-order valence-corrected chi connectivity index (χ3v) is 7.31. The number of rotatable bonds is 4. The molecule has 0 heterocycles. The van der Waals surface area contributed by atoms with Gasteiger partial charge in [0.1, 0.15) is 11.9 Å². The number of hydrogen-bond donors (Lipinski definition) is 1. The standard InChI is InChI=1S/C25H28F2O3/c1-23(2)18-13-21(24(3,29)14-19(18)23)30-22(28)25(4,27)16-10-11-17(20(26)12-16)15-8-6-5-7-9-15/h5-12,18-19,21,29H,13-14H2,1-4H3/t18-,19+,21-,24-,25-/m1/s1. The second-order valence-corrected chi connectivity index (χ2v) is 9.79. The van der Waals surface area contributed by atoms with Gasteiger partial charge in [-0.05, 0) is 55.6 Å². The van der Waals surface area contributed by atoms with Crippen molar-refractivity contribution < 1.29 is 23.4 Å². The van der Waals surface area contributed by atoms with Gasteiger partial charge in [-0.15, -0.1) is 0 Å². The highest BCUT2D eigenvalue weighted by Gasteiger charge is 2.65. The van der Waals surface area contributed by atoms with Crippen molar-refractivity contribution in [3.05, 3.63) is 59.9 Å². The Labute approximate surface area is 176 Å². The first-order valence-electron chi connectivity index (χ1n) is 10.4. The second kappa shape index (κ2) is 6.88. The Kier molecular flexibility index (Phi) is 4.81. The van der Waals surface area contributed by atoms with Crippen LogP contribution in [0.5, 0.6) is 0 Å². The predicted molar refractivity (Wildman–Crippen MR) is 111 cm³/mol. The summed E-state index contributed by atoms with van der Waals surface area (Å²) in [6.45, 7) is 6.99. The van der Waals surface area contributed by atoms with Gasteiger partial charge < -0.3 is 9.84 Å². The second-order valence-electron chi connectivity index (χ2n) is 9.79. The van der Waals surface area contributed by atoms with Crippen LogP contribution in [0.3, 0.4) is 0 Å². The first kappa shape index (κ1) is 21.0. The van der Waals surface area contributed by atoms with E-state index in [4.69, 9.17) is 4.74 Å². The molecular formula is C25H28F2O3. The molecule has 0 amide bonds. The van der Waals surface area contributed by atoms with Gasteiger partial charge in [0, 0.05) is 11.1 Å². The number of halogens is 2. The minimum Gasteiger partial charge on any atom is -0.457 e. The zero-order valence-electron chi connectivity index (χ0n) is 17.8. The molecule has 0 spiro atoms. The third kappa shape index (κ3) is 3.43. The summed E-state index contributed by atoms with van der Waals surface area (Å²) in [4.78, 5) is 12.7. The Bertz CT molecular complexity index is 966. The Balaban J connectivity index is 1.53. The number of carbonyl (C=O) groups is 1. The summed E-state index contributed by atoms with van der Waals surface area (Å²) in [5.74, 6) is -0.970. The van der Waals surface area contributed by atoms with Crippen molar-refractivity contribution in [2.24, 2.45) is 17.3 Å². The van der Waals surface area contributed by atoms with E-state index in [1.165, 1.54) is 12.1 Å². The van der Waals surface area contributed by atoms with Gasteiger partial charge in [-0.3, -0.25) is 0 Å². The number of hydrogen-bond acceptors (Lipinski definition) is 3. The monoisotopic (exact) mass is 414 g/mol. The lowest BCUT2D eigenvalue weighted by Gasteiger charge is -2.37. The number of carbonyl (C=O) groups excluding carboxylic acids is 1. The van der Waals surface area contributed by atoms with E-state index in [0.717, 1.165) is 13.0 Å². The zero-order valence-corrected chi connectivity index (χ0v) is 17.8. The number of esters is 1. The molecule has 2 aliphatic carbocycles. The molecule has 4 rings (SSSR count). The van der Waals surface area contributed by atoms with Crippen LogP contribution >= 0.6 is 0 Å². The van der Waals surface area contributed by atoms with E-state index < -0.39 is 29.2 Å². The van der Waals surface area contributed by atoms with Crippen molar-refractivity contribution in [3.63, 3.8) is 0 Å². The lowest BCUT2D eigenvalue weighted by atomic mass is 9.83. The molecule has 0 radical (unpaired) electrons. The van der Waals surface area contributed by atoms with Crippen LogP contribution in [-0.2, 0) is 15.2 Å². The number of alkyl halides is 1. The van der Waals surface area contributed by atoms with Crippen LogP contribution < -0.4 is 0 Å². The lowest BCUT2D eigenvalue weighted by molar-refractivity contribution is -0.182. The van der Waals surface area contributed by atoms with E-state index in [0.29, 0.717) is 35.8 Å². The Morgan fingerprint density at radius 2 is 1.80 bits per heavy atom. The molecule has 0 unspecified atom stereocenters. The van der Waals surface area contributed by atoms with E-state index in [1.54, 1.807) is 31.2 Å². The van der Waals surface area contributed by atoms with Crippen LogP contribution in [0.15, 0.2) is 48.5 Å². The molecule has 2 aromatic carbocycles. The lowest BCUT2D eigenvalue weighted by Crippen LogP contribution is -2.47. The summed E-state index contributed by atoms with van der Waals surface area (Å²) in [5, 5.41) is 10.8. The topological polar surface area (TPSA) is 46.5 Å². The van der Waals surface area contributed by atoms with Gasteiger partial charge in [-0.25, -0.2) is 13.6 Å². The molecule has 0 bridgehead atoms. The van der Waals surface area contributed by atoms with Crippen LogP contribution in [-0.4, -0.2) is 22.8 Å². The van der Waals surface area contributed by atoms with Gasteiger partial charge in [0.15, 0.2) is 0 Å². The van der Waals surface area contributed by atoms with Crippen LogP contribution in [0.25, 0.3) is 11.1 Å². The van der Waals surface area contributed by atoms with Gasteiger partial charge in [-0.2, -0.15) is 0 Å². The molecule has 30 heavy (non-hydrogen) atoms. The largest absolute Gasteiger partial charge is 0.457 e. The van der Waals surface area contributed by atoms with E-state index in [-0.39, 0.29) is 11.0 Å². The maximum absolute atomic E-state index is 15.5. The third-order valence-electron chi connectivity index (χ3n) is 7.31. The SMILES string of the molecule is CC1(C)[C@@H]2C[C@@H](OC(=O)[C@](C)(F)c3ccc(-c4ccccc4)c(F)c3)[C@](C)(O)C[C@@H]21. The number of ether oxygens (including phenoxy) is 1. The summed E-state index contributed by atoms with van der Waals surface area (Å²) >= 11 is 0. The van der Waals surface area contributed by atoms with Crippen molar-refractivity contribution in [1.29, 1.82) is 0 Å². The first-order chi connectivity index (χ1) is 13.9. The zero-order chi connectivity index (χ0) is 21.9. The summed E-state index contributed by atoms with van der Waals surface area (Å²) < 4.78 is 35.7. The molecule has 2 aliphatic rings. The van der Waals surface area contributed by atoms with E-state index >= 15 is 4.39 Å². The molecule has 0 aliphatic heterocycles. The average Bonchev–Trinajstić information content (AvgIpc) is 3.20. The number of fused-ring (bicyclic) bond motifs is 1. The van der Waals surface area contributed by atoms with E-state index in [9.17, 15) is 14.3 Å². The molecule has 2 saturated carbocycles. The summed E-state index contributed by atoms with van der Waals surface area (Å²) in [6, 6.07) is 12.9. The molecule has 0 saturated heterocycles. The van der Waals surface area contributed by atoms with E-state index in [1.807, 2.05) is 6.07 Å². The Hall–Kier alpha value is -2.27. The van der Waals surface area contributed by atoms with Crippen LogP contribution in [0.2, 0.25) is 0 Å². The quantitative estimate of drug-likeness (QED) is 0.681. The molecule has 0 aromatic heterocycles. The average molecular weight is 414 g/mol. The Morgan fingerprint density at radius 1 is 1.13 bits per heavy atom. The fourth-order valence-electron chi connectivity index (χ4n) is 4.98. The van der Waals surface area contributed by atoms with Gasteiger partial charge >= 0.3 is 5.97 Å². The van der Waals surface area contributed by atoms with Gasteiger partial charge in [-0.1, -0.05) is 56.3 Å². The number of benzene rings is 2. The molecule has 5 heteroatoms. The maximum atomic E-state index is 15.5. The molecule has 5 atom stereocenters. The minimum atomic E-state index is -2.53. The maximum Gasteiger partial charge on any atom is 0.348 e. The number of aliphatic hydroxyl groups is 1. The van der Waals surface area contributed by atoms with Gasteiger partial charge in [0.25, 0.3) is 0 Å². The van der Waals surface area contributed by atoms with Crippen LogP contribution in [0.4, 0.5) is 8.78 Å². The molecule has 1 N–H and O–H groups in total.